The maximum atomic E-state index is 12.2. The van der Waals surface area contributed by atoms with Crippen LogP contribution in [-0.4, -0.2) is 47.8 Å². The van der Waals surface area contributed by atoms with Crippen molar-refractivity contribution in [3.8, 4) is 11.5 Å². The van der Waals surface area contributed by atoms with Gasteiger partial charge in [0.2, 0.25) is 0 Å². The third-order valence-electron chi connectivity index (χ3n) is 3.12. The molecule has 1 aliphatic heterocycles. The number of aromatic hydroxyl groups is 2. The van der Waals surface area contributed by atoms with E-state index in [0.717, 1.165) is 6.42 Å². The molecule has 1 aromatic rings. The summed E-state index contributed by atoms with van der Waals surface area (Å²) in [5.41, 5.74) is 0.311. The molecule has 1 atom stereocenters. The van der Waals surface area contributed by atoms with E-state index in [1.54, 1.807) is 12.0 Å². The molecule has 18 heavy (non-hydrogen) atoms. The van der Waals surface area contributed by atoms with Crippen molar-refractivity contribution >= 4 is 5.91 Å². The van der Waals surface area contributed by atoms with E-state index in [4.69, 9.17) is 4.74 Å². The van der Waals surface area contributed by atoms with Gasteiger partial charge in [0.05, 0.1) is 6.61 Å². The van der Waals surface area contributed by atoms with Crippen molar-refractivity contribution in [1.82, 2.24) is 4.90 Å². The molecule has 0 spiro atoms. The second kappa shape index (κ2) is 5.27. The molecular weight excluding hydrogens is 234 g/mol. The number of benzene rings is 1. The third kappa shape index (κ3) is 2.73. The highest BCUT2D eigenvalue weighted by molar-refractivity contribution is 5.95. The van der Waals surface area contributed by atoms with Crippen LogP contribution in [0.5, 0.6) is 11.5 Å². The number of hydrogen-bond donors (Lipinski definition) is 2. The van der Waals surface area contributed by atoms with Gasteiger partial charge in [0.25, 0.3) is 5.91 Å². The number of methoxy groups -OCH3 is 1. The summed E-state index contributed by atoms with van der Waals surface area (Å²) in [6.45, 7) is 1.99. The summed E-state index contributed by atoms with van der Waals surface area (Å²) < 4.78 is 5.08. The smallest absolute Gasteiger partial charge is 0.254 e. The van der Waals surface area contributed by atoms with Crippen LogP contribution in [0.15, 0.2) is 18.2 Å². The topological polar surface area (TPSA) is 70.0 Å². The fraction of sp³-hybridized carbons (Fsp3) is 0.462. The van der Waals surface area contributed by atoms with E-state index in [1.165, 1.54) is 18.2 Å². The first-order valence-corrected chi connectivity index (χ1v) is 5.91. The fourth-order valence-corrected chi connectivity index (χ4v) is 2.29. The first-order chi connectivity index (χ1) is 8.60. The Morgan fingerprint density at radius 1 is 1.39 bits per heavy atom. The van der Waals surface area contributed by atoms with Gasteiger partial charge in [0, 0.05) is 37.7 Å². The molecule has 1 aliphatic rings. The van der Waals surface area contributed by atoms with E-state index in [2.05, 4.69) is 0 Å². The van der Waals surface area contributed by atoms with Crippen molar-refractivity contribution < 1.29 is 19.7 Å². The zero-order chi connectivity index (χ0) is 13.1. The molecule has 1 aromatic carbocycles. The van der Waals surface area contributed by atoms with Gasteiger partial charge < -0.3 is 19.8 Å². The van der Waals surface area contributed by atoms with Crippen LogP contribution in [0.3, 0.4) is 0 Å². The normalized spacial score (nSPS) is 19.2. The predicted octanol–water partition coefficient (Wildman–Crippen LogP) is 1.21. The van der Waals surface area contributed by atoms with Crippen LogP contribution >= 0.6 is 0 Å². The molecule has 2 N–H and O–H groups in total. The van der Waals surface area contributed by atoms with Crippen LogP contribution in [-0.2, 0) is 4.74 Å². The Morgan fingerprint density at radius 2 is 2.06 bits per heavy atom. The van der Waals surface area contributed by atoms with Crippen LogP contribution in [0.2, 0.25) is 0 Å². The van der Waals surface area contributed by atoms with Crippen molar-refractivity contribution in [3.05, 3.63) is 23.8 Å². The zero-order valence-electron chi connectivity index (χ0n) is 10.3. The third-order valence-corrected chi connectivity index (χ3v) is 3.12. The number of ether oxygens (including phenoxy) is 1. The van der Waals surface area contributed by atoms with Gasteiger partial charge in [0.1, 0.15) is 11.5 Å². The Morgan fingerprint density at radius 3 is 2.67 bits per heavy atom. The number of nitrogens with zero attached hydrogens (tertiary/aromatic N) is 1. The van der Waals surface area contributed by atoms with Crippen molar-refractivity contribution in [3.63, 3.8) is 0 Å². The van der Waals surface area contributed by atoms with Crippen molar-refractivity contribution in [2.45, 2.75) is 6.42 Å². The van der Waals surface area contributed by atoms with Gasteiger partial charge in [-0.05, 0) is 18.6 Å². The number of rotatable bonds is 3. The molecule has 0 saturated carbocycles. The minimum absolute atomic E-state index is 0.106. The molecular formula is C13H17NO4. The van der Waals surface area contributed by atoms with Gasteiger partial charge in [-0.1, -0.05) is 0 Å². The first kappa shape index (κ1) is 12.7. The Balaban J connectivity index is 2.08. The highest BCUT2D eigenvalue weighted by atomic mass is 16.5. The van der Waals surface area contributed by atoms with Gasteiger partial charge >= 0.3 is 0 Å². The van der Waals surface area contributed by atoms with Gasteiger partial charge in [0.15, 0.2) is 0 Å². The minimum Gasteiger partial charge on any atom is -0.508 e. The molecule has 1 fully saturated rings. The van der Waals surface area contributed by atoms with E-state index in [1.807, 2.05) is 0 Å². The summed E-state index contributed by atoms with van der Waals surface area (Å²) in [5, 5.41) is 18.7. The highest BCUT2D eigenvalue weighted by Crippen LogP contribution is 2.24. The van der Waals surface area contributed by atoms with E-state index in [0.29, 0.717) is 31.2 Å². The average Bonchev–Trinajstić information content (AvgIpc) is 2.76. The predicted molar refractivity (Wildman–Crippen MR) is 65.7 cm³/mol. The lowest BCUT2D eigenvalue weighted by Gasteiger charge is -2.16. The lowest BCUT2D eigenvalue weighted by molar-refractivity contribution is 0.0774. The summed E-state index contributed by atoms with van der Waals surface area (Å²) in [7, 11) is 1.65. The van der Waals surface area contributed by atoms with Gasteiger partial charge in [-0.2, -0.15) is 0 Å². The molecule has 5 heteroatoms. The average molecular weight is 251 g/mol. The molecule has 0 aliphatic carbocycles. The number of carbonyl (C=O) groups excluding carboxylic acids is 1. The van der Waals surface area contributed by atoms with E-state index in [9.17, 15) is 15.0 Å². The summed E-state index contributed by atoms with van der Waals surface area (Å²) in [4.78, 5) is 13.9. The second-order valence-electron chi connectivity index (χ2n) is 4.60. The van der Waals surface area contributed by atoms with Crippen LogP contribution in [0.1, 0.15) is 16.8 Å². The summed E-state index contributed by atoms with van der Waals surface area (Å²) in [6, 6.07) is 3.94. The van der Waals surface area contributed by atoms with Gasteiger partial charge in [-0.25, -0.2) is 0 Å². The number of carbonyl (C=O) groups is 1. The first-order valence-electron chi connectivity index (χ1n) is 5.91. The second-order valence-corrected chi connectivity index (χ2v) is 4.60. The van der Waals surface area contributed by atoms with Crippen molar-refractivity contribution in [2.75, 3.05) is 26.8 Å². The Labute approximate surface area is 106 Å². The maximum absolute atomic E-state index is 12.2. The van der Waals surface area contributed by atoms with E-state index < -0.39 is 0 Å². The van der Waals surface area contributed by atoms with Crippen LogP contribution in [0.25, 0.3) is 0 Å². The van der Waals surface area contributed by atoms with Gasteiger partial charge in [-0.15, -0.1) is 0 Å². The number of amides is 1. The van der Waals surface area contributed by atoms with Crippen LogP contribution < -0.4 is 0 Å². The van der Waals surface area contributed by atoms with Crippen molar-refractivity contribution in [2.24, 2.45) is 5.92 Å². The van der Waals surface area contributed by atoms with E-state index >= 15 is 0 Å². The molecule has 1 saturated heterocycles. The zero-order valence-corrected chi connectivity index (χ0v) is 10.3. The summed E-state index contributed by atoms with van der Waals surface area (Å²) in [5.74, 6) is -0.0124. The molecule has 98 valence electrons. The monoisotopic (exact) mass is 251 g/mol. The standard InChI is InChI=1S/C13H17NO4/c1-18-8-9-2-3-14(7-9)13(17)10-4-11(15)6-12(16)5-10/h4-6,9,15-16H,2-3,7-8H2,1H3. The maximum Gasteiger partial charge on any atom is 0.254 e. The molecule has 0 bridgehead atoms. The number of phenolic OH excluding ortho intramolecular Hbond substituents is 2. The largest absolute Gasteiger partial charge is 0.508 e. The van der Waals surface area contributed by atoms with Crippen LogP contribution in [0, 0.1) is 5.92 Å². The molecule has 0 radical (unpaired) electrons. The molecule has 5 nitrogen and oxygen atoms in total. The lowest BCUT2D eigenvalue weighted by Crippen LogP contribution is -2.29. The Bertz CT molecular complexity index is 426. The minimum atomic E-state index is -0.167. The Kier molecular flexibility index (Phi) is 3.72. The Hall–Kier alpha value is -1.75. The highest BCUT2D eigenvalue weighted by Gasteiger charge is 2.27. The molecule has 2 rings (SSSR count). The molecule has 0 aromatic heterocycles. The SMILES string of the molecule is COCC1CCN(C(=O)c2cc(O)cc(O)c2)C1. The summed E-state index contributed by atoms with van der Waals surface area (Å²) >= 11 is 0. The molecule has 1 unspecified atom stereocenters. The summed E-state index contributed by atoms with van der Waals surface area (Å²) in [6.07, 6.45) is 0.921. The van der Waals surface area contributed by atoms with E-state index in [-0.39, 0.29) is 17.4 Å². The van der Waals surface area contributed by atoms with Crippen LogP contribution in [0.4, 0.5) is 0 Å². The number of likely N-dealkylation sites (tertiary alicyclic amines) is 1. The van der Waals surface area contributed by atoms with Crippen molar-refractivity contribution in [1.29, 1.82) is 0 Å². The number of phenols is 2. The quantitative estimate of drug-likeness (QED) is 0.847. The number of hydrogen-bond acceptors (Lipinski definition) is 4. The lowest BCUT2D eigenvalue weighted by atomic mass is 10.1. The fourth-order valence-electron chi connectivity index (χ4n) is 2.29. The molecule has 1 heterocycles. The van der Waals surface area contributed by atoms with Gasteiger partial charge in [-0.3, -0.25) is 4.79 Å². The molecule has 1 amide bonds.